The fourth-order valence-electron chi connectivity index (χ4n) is 3.05. The van der Waals surface area contributed by atoms with Gasteiger partial charge in [-0.1, -0.05) is 5.21 Å². The Bertz CT molecular complexity index is 997. The van der Waals surface area contributed by atoms with Crippen LogP contribution in [0, 0.1) is 5.92 Å². The number of nitrogens with one attached hydrogen (secondary N) is 1. The molecule has 2 aromatic heterocycles. The normalized spacial score (nSPS) is 14.1. The van der Waals surface area contributed by atoms with Crippen molar-refractivity contribution in [2.75, 3.05) is 37.5 Å². The molecule has 4 rings (SSSR count). The molecule has 1 amide bonds. The smallest absolute Gasteiger partial charge is 0.231 e. The van der Waals surface area contributed by atoms with Crippen LogP contribution in [-0.2, 0) is 11.8 Å². The zero-order valence-electron chi connectivity index (χ0n) is 15.2. The van der Waals surface area contributed by atoms with Crippen LogP contribution in [0.5, 0.6) is 11.5 Å². The van der Waals surface area contributed by atoms with E-state index in [9.17, 15) is 4.79 Å². The molecule has 0 saturated carbocycles. The summed E-state index contributed by atoms with van der Waals surface area (Å²) in [5, 5.41) is 11.0. The Hall–Kier alpha value is -3.43. The van der Waals surface area contributed by atoms with E-state index in [1.165, 1.54) is 6.33 Å². The molecule has 0 spiro atoms. The second-order valence-corrected chi connectivity index (χ2v) is 6.24. The van der Waals surface area contributed by atoms with E-state index in [2.05, 4.69) is 25.6 Å². The highest BCUT2D eigenvalue weighted by Crippen LogP contribution is 2.31. The minimum atomic E-state index is -0.139. The van der Waals surface area contributed by atoms with Crippen LogP contribution in [0.3, 0.4) is 0 Å². The summed E-state index contributed by atoms with van der Waals surface area (Å²) in [6.07, 6.45) is 1.48. The second-order valence-electron chi connectivity index (χ2n) is 6.24. The third-order valence-corrected chi connectivity index (χ3v) is 4.57. The monoisotopic (exact) mass is 369 g/mol. The van der Waals surface area contributed by atoms with Gasteiger partial charge < -0.3 is 19.7 Å². The SMILES string of the molecule is COc1ccc(NC(=O)C2CN(c3ncnc4c3nnn4C)C2)cc1OC. The van der Waals surface area contributed by atoms with Gasteiger partial charge in [-0.3, -0.25) is 4.79 Å². The first-order valence-electron chi connectivity index (χ1n) is 8.39. The number of fused-ring (bicyclic) bond motifs is 1. The predicted molar refractivity (Wildman–Crippen MR) is 98.0 cm³/mol. The number of benzene rings is 1. The largest absolute Gasteiger partial charge is 0.493 e. The molecular formula is C17H19N7O3. The predicted octanol–water partition coefficient (Wildman–Crippen LogP) is 0.850. The van der Waals surface area contributed by atoms with Crippen molar-refractivity contribution in [1.82, 2.24) is 25.0 Å². The number of rotatable bonds is 5. The molecule has 0 aliphatic carbocycles. The van der Waals surface area contributed by atoms with E-state index in [0.29, 0.717) is 47.3 Å². The third-order valence-electron chi connectivity index (χ3n) is 4.57. The summed E-state index contributed by atoms with van der Waals surface area (Å²) in [6.45, 7) is 1.11. The van der Waals surface area contributed by atoms with Crippen LogP contribution >= 0.6 is 0 Å². The maximum atomic E-state index is 12.5. The topological polar surface area (TPSA) is 107 Å². The molecule has 0 unspecified atom stereocenters. The summed E-state index contributed by atoms with van der Waals surface area (Å²) in [5.41, 5.74) is 1.96. The highest BCUT2D eigenvalue weighted by Gasteiger charge is 2.35. The molecule has 3 heterocycles. The zero-order chi connectivity index (χ0) is 19.0. The van der Waals surface area contributed by atoms with Crippen LogP contribution in [0.25, 0.3) is 11.2 Å². The number of methoxy groups -OCH3 is 2. The van der Waals surface area contributed by atoms with Crippen LogP contribution in [0.4, 0.5) is 11.5 Å². The average molecular weight is 369 g/mol. The van der Waals surface area contributed by atoms with Crippen molar-refractivity contribution in [3.8, 4) is 11.5 Å². The standard InChI is InChI=1S/C17H19N7O3/c1-23-15-14(21-22-23)16(19-9-18-15)24-7-10(8-24)17(25)20-11-4-5-12(26-2)13(6-11)27-3/h4-6,9-10H,7-8H2,1-3H3,(H,20,25). The molecule has 1 N–H and O–H groups in total. The summed E-state index contributed by atoms with van der Waals surface area (Å²) in [5.74, 6) is 1.68. The van der Waals surface area contributed by atoms with Crippen molar-refractivity contribution in [1.29, 1.82) is 0 Å². The molecule has 1 fully saturated rings. The molecule has 3 aromatic rings. The fraction of sp³-hybridized carbons (Fsp3) is 0.353. The molecule has 10 nitrogen and oxygen atoms in total. The Kier molecular flexibility index (Phi) is 4.22. The fourth-order valence-corrected chi connectivity index (χ4v) is 3.05. The molecule has 27 heavy (non-hydrogen) atoms. The number of carbonyl (C=O) groups is 1. The van der Waals surface area contributed by atoms with Crippen LogP contribution in [0.2, 0.25) is 0 Å². The van der Waals surface area contributed by atoms with E-state index in [1.54, 1.807) is 44.1 Å². The van der Waals surface area contributed by atoms with Gasteiger partial charge in [-0.2, -0.15) is 0 Å². The molecule has 1 aliphatic rings. The Morgan fingerprint density at radius 1 is 1.19 bits per heavy atom. The number of carbonyl (C=O) groups excluding carboxylic acids is 1. The van der Waals surface area contributed by atoms with Gasteiger partial charge in [-0.15, -0.1) is 5.10 Å². The van der Waals surface area contributed by atoms with Gasteiger partial charge in [0.2, 0.25) is 5.91 Å². The Balaban J connectivity index is 1.43. The van der Waals surface area contributed by atoms with Gasteiger partial charge in [0.15, 0.2) is 28.5 Å². The van der Waals surface area contributed by atoms with Crippen molar-refractivity contribution in [3.05, 3.63) is 24.5 Å². The maximum absolute atomic E-state index is 12.5. The number of anilines is 2. The highest BCUT2D eigenvalue weighted by molar-refractivity contribution is 5.95. The summed E-state index contributed by atoms with van der Waals surface area (Å²) >= 11 is 0. The van der Waals surface area contributed by atoms with E-state index in [0.717, 1.165) is 0 Å². The van der Waals surface area contributed by atoms with Gasteiger partial charge in [-0.25, -0.2) is 14.6 Å². The molecule has 0 atom stereocenters. The van der Waals surface area contributed by atoms with E-state index in [4.69, 9.17) is 9.47 Å². The second kappa shape index (κ2) is 6.71. The zero-order valence-corrected chi connectivity index (χ0v) is 15.2. The number of amides is 1. The molecular weight excluding hydrogens is 350 g/mol. The summed E-state index contributed by atoms with van der Waals surface area (Å²) < 4.78 is 12.1. The molecule has 1 aromatic carbocycles. The molecule has 1 aliphatic heterocycles. The van der Waals surface area contributed by atoms with Crippen LogP contribution in [-0.4, -0.2) is 58.2 Å². The lowest BCUT2D eigenvalue weighted by Gasteiger charge is -2.38. The molecule has 10 heteroatoms. The lowest BCUT2D eigenvalue weighted by molar-refractivity contribution is -0.120. The minimum absolute atomic E-state index is 0.0529. The number of ether oxygens (including phenoxy) is 2. The molecule has 0 radical (unpaired) electrons. The van der Waals surface area contributed by atoms with Gasteiger partial charge in [0, 0.05) is 31.9 Å². The maximum Gasteiger partial charge on any atom is 0.231 e. The Morgan fingerprint density at radius 2 is 1.96 bits per heavy atom. The number of hydrogen-bond donors (Lipinski definition) is 1. The number of hydrogen-bond acceptors (Lipinski definition) is 8. The molecule has 1 saturated heterocycles. The third kappa shape index (κ3) is 2.98. The van der Waals surface area contributed by atoms with Gasteiger partial charge in [0.1, 0.15) is 6.33 Å². The lowest BCUT2D eigenvalue weighted by Crippen LogP contribution is -2.52. The molecule has 0 bridgehead atoms. The quantitative estimate of drug-likeness (QED) is 0.705. The summed E-state index contributed by atoms with van der Waals surface area (Å²) in [6, 6.07) is 5.27. The first kappa shape index (κ1) is 17.0. The van der Waals surface area contributed by atoms with Crippen molar-refractivity contribution in [3.63, 3.8) is 0 Å². The van der Waals surface area contributed by atoms with Gasteiger partial charge in [0.25, 0.3) is 0 Å². The first-order valence-corrected chi connectivity index (χ1v) is 8.39. The highest BCUT2D eigenvalue weighted by atomic mass is 16.5. The van der Waals surface area contributed by atoms with Crippen LogP contribution in [0.1, 0.15) is 0 Å². The summed E-state index contributed by atoms with van der Waals surface area (Å²) in [4.78, 5) is 23.0. The lowest BCUT2D eigenvalue weighted by atomic mass is 9.99. The van der Waals surface area contributed by atoms with Crippen LogP contribution < -0.4 is 19.7 Å². The first-order chi connectivity index (χ1) is 13.1. The van der Waals surface area contributed by atoms with Gasteiger partial charge in [-0.05, 0) is 12.1 Å². The van der Waals surface area contributed by atoms with E-state index < -0.39 is 0 Å². The Morgan fingerprint density at radius 3 is 2.70 bits per heavy atom. The van der Waals surface area contributed by atoms with E-state index in [1.807, 2.05) is 4.90 Å². The Labute approximate surface area is 155 Å². The van der Waals surface area contributed by atoms with E-state index in [-0.39, 0.29) is 11.8 Å². The van der Waals surface area contributed by atoms with Crippen molar-refractivity contribution < 1.29 is 14.3 Å². The summed E-state index contributed by atoms with van der Waals surface area (Å²) in [7, 11) is 4.91. The number of aryl methyl sites for hydroxylation is 1. The number of nitrogens with zero attached hydrogens (tertiary/aromatic N) is 6. The van der Waals surface area contributed by atoms with Crippen molar-refractivity contribution in [2.24, 2.45) is 13.0 Å². The van der Waals surface area contributed by atoms with Crippen LogP contribution in [0.15, 0.2) is 24.5 Å². The minimum Gasteiger partial charge on any atom is -0.493 e. The number of aromatic nitrogens is 5. The molecule has 140 valence electrons. The van der Waals surface area contributed by atoms with Crippen molar-refractivity contribution >= 4 is 28.6 Å². The van der Waals surface area contributed by atoms with E-state index >= 15 is 0 Å². The van der Waals surface area contributed by atoms with Gasteiger partial charge >= 0.3 is 0 Å². The van der Waals surface area contributed by atoms with Crippen molar-refractivity contribution in [2.45, 2.75) is 0 Å². The van der Waals surface area contributed by atoms with Gasteiger partial charge in [0.05, 0.1) is 20.1 Å². The average Bonchev–Trinajstić information content (AvgIpc) is 3.02.